The standard InChI is InChI=1S/C18H30N2O4/c1-2-3-4-5-6-7-8-14(21)18(15(19)22)13-17(18)9-11-20(12-10-17)16(23)24/h2-13H2,1H3,(H2,19,22)(H,23,24). The molecule has 1 aliphatic carbocycles. The highest BCUT2D eigenvalue weighted by molar-refractivity contribution is 6.10. The molecule has 136 valence electrons. The van der Waals surface area contributed by atoms with Crippen LogP contribution in [0, 0.1) is 10.8 Å². The first-order chi connectivity index (χ1) is 11.4. The number of nitrogens with two attached hydrogens (primary N) is 1. The number of primary amides is 1. The van der Waals surface area contributed by atoms with E-state index in [1.165, 1.54) is 24.2 Å². The fraction of sp³-hybridized carbons (Fsp3) is 0.833. The van der Waals surface area contributed by atoms with Crippen LogP contribution in [0.25, 0.3) is 0 Å². The number of carbonyl (C=O) groups excluding carboxylic acids is 2. The maximum Gasteiger partial charge on any atom is 0.407 e. The lowest BCUT2D eigenvalue weighted by atomic mass is 9.80. The molecule has 2 fully saturated rings. The number of piperidine rings is 1. The number of unbranched alkanes of at least 4 members (excludes halogenated alkanes) is 5. The van der Waals surface area contributed by atoms with Gasteiger partial charge in [-0.05, 0) is 31.1 Å². The molecular weight excluding hydrogens is 308 g/mol. The largest absolute Gasteiger partial charge is 0.465 e. The van der Waals surface area contributed by atoms with Crippen LogP contribution in [0.5, 0.6) is 0 Å². The molecule has 1 unspecified atom stereocenters. The second-order valence-electron chi connectivity index (χ2n) is 7.44. The van der Waals surface area contributed by atoms with E-state index >= 15 is 0 Å². The van der Waals surface area contributed by atoms with Crippen LogP contribution in [0.15, 0.2) is 0 Å². The van der Waals surface area contributed by atoms with Crippen LogP contribution in [0.2, 0.25) is 0 Å². The summed E-state index contributed by atoms with van der Waals surface area (Å²) >= 11 is 0. The van der Waals surface area contributed by atoms with E-state index in [-0.39, 0.29) is 11.2 Å². The average Bonchev–Trinajstić information content (AvgIpc) is 3.20. The van der Waals surface area contributed by atoms with Gasteiger partial charge in [0.1, 0.15) is 11.2 Å². The number of rotatable bonds is 9. The predicted molar refractivity (Wildman–Crippen MR) is 90.5 cm³/mol. The van der Waals surface area contributed by atoms with E-state index in [0.717, 1.165) is 19.3 Å². The molecular formula is C18H30N2O4. The molecule has 3 N–H and O–H groups in total. The van der Waals surface area contributed by atoms with Gasteiger partial charge in [0.05, 0.1) is 0 Å². The van der Waals surface area contributed by atoms with Gasteiger partial charge in [0, 0.05) is 19.5 Å². The zero-order chi connectivity index (χ0) is 17.8. The maximum absolute atomic E-state index is 12.7. The number of carboxylic acid groups (broad SMARTS) is 1. The summed E-state index contributed by atoms with van der Waals surface area (Å²) in [5.74, 6) is -0.531. The molecule has 0 aromatic heterocycles. The zero-order valence-electron chi connectivity index (χ0n) is 14.7. The first-order valence-corrected chi connectivity index (χ1v) is 9.21. The van der Waals surface area contributed by atoms with Crippen LogP contribution in [-0.4, -0.2) is 40.9 Å². The topological polar surface area (TPSA) is 101 Å². The van der Waals surface area contributed by atoms with Gasteiger partial charge in [0.25, 0.3) is 0 Å². The minimum Gasteiger partial charge on any atom is -0.465 e. The predicted octanol–water partition coefficient (Wildman–Crippen LogP) is 2.94. The minimum absolute atomic E-state index is 0.0192. The molecule has 2 rings (SSSR count). The van der Waals surface area contributed by atoms with Crippen molar-refractivity contribution in [2.45, 2.75) is 71.1 Å². The van der Waals surface area contributed by atoms with Gasteiger partial charge in [-0.2, -0.15) is 0 Å². The Morgan fingerprint density at radius 2 is 1.62 bits per heavy atom. The van der Waals surface area contributed by atoms with Gasteiger partial charge in [-0.25, -0.2) is 4.79 Å². The molecule has 6 nitrogen and oxygen atoms in total. The second-order valence-corrected chi connectivity index (χ2v) is 7.44. The Labute approximate surface area is 143 Å². The molecule has 1 saturated heterocycles. The molecule has 0 bridgehead atoms. The Balaban J connectivity index is 1.88. The summed E-state index contributed by atoms with van der Waals surface area (Å²) in [6.45, 7) is 2.94. The number of likely N-dealkylation sites (tertiary alicyclic amines) is 1. The Bertz CT molecular complexity index is 497. The third kappa shape index (κ3) is 3.42. The number of amides is 2. The highest BCUT2D eigenvalue weighted by atomic mass is 16.4. The smallest absolute Gasteiger partial charge is 0.407 e. The normalized spacial score (nSPS) is 24.8. The van der Waals surface area contributed by atoms with Crippen LogP contribution >= 0.6 is 0 Å². The highest BCUT2D eigenvalue weighted by Crippen LogP contribution is 2.69. The van der Waals surface area contributed by atoms with Gasteiger partial charge in [-0.1, -0.05) is 39.0 Å². The van der Waals surface area contributed by atoms with Gasteiger partial charge < -0.3 is 15.7 Å². The molecule has 1 heterocycles. The van der Waals surface area contributed by atoms with Crippen molar-refractivity contribution in [2.24, 2.45) is 16.6 Å². The first-order valence-electron chi connectivity index (χ1n) is 9.21. The molecule has 0 aromatic rings. The Morgan fingerprint density at radius 3 is 2.17 bits per heavy atom. The van der Waals surface area contributed by atoms with Crippen LogP contribution in [-0.2, 0) is 9.59 Å². The van der Waals surface area contributed by atoms with Gasteiger partial charge in [0.15, 0.2) is 0 Å². The summed E-state index contributed by atoms with van der Waals surface area (Å²) in [7, 11) is 0. The van der Waals surface area contributed by atoms with Crippen molar-refractivity contribution in [3.63, 3.8) is 0 Å². The third-order valence-electron chi connectivity index (χ3n) is 6.03. The van der Waals surface area contributed by atoms with Crippen molar-refractivity contribution in [3.05, 3.63) is 0 Å². The van der Waals surface area contributed by atoms with Crippen molar-refractivity contribution in [3.8, 4) is 0 Å². The van der Waals surface area contributed by atoms with E-state index in [4.69, 9.17) is 10.8 Å². The zero-order valence-corrected chi connectivity index (χ0v) is 14.7. The molecule has 0 radical (unpaired) electrons. The fourth-order valence-electron chi connectivity index (χ4n) is 4.35. The number of ketones is 1. The van der Waals surface area contributed by atoms with E-state index in [0.29, 0.717) is 38.8 Å². The van der Waals surface area contributed by atoms with Crippen molar-refractivity contribution in [1.82, 2.24) is 4.90 Å². The molecule has 6 heteroatoms. The van der Waals surface area contributed by atoms with E-state index in [1.54, 1.807) is 0 Å². The Hall–Kier alpha value is -1.59. The van der Waals surface area contributed by atoms with E-state index < -0.39 is 17.4 Å². The molecule has 1 atom stereocenters. The maximum atomic E-state index is 12.7. The van der Waals surface area contributed by atoms with Crippen molar-refractivity contribution >= 4 is 17.8 Å². The van der Waals surface area contributed by atoms with Crippen LogP contribution in [0.1, 0.15) is 71.1 Å². The monoisotopic (exact) mass is 338 g/mol. The fourth-order valence-corrected chi connectivity index (χ4v) is 4.35. The lowest BCUT2D eigenvalue weighted by molar-refractivity contribution is -0.136. The molecule has 1 saturated carbocycles. The van der Waals surface area contributed by atoms with Crippen molar-refractivity contribution in [2.75, 3.05) is 13.1 Å². The summed E-state index contributed by atoms with van der Waals surface area (Å²) in [5, 5.41) is 9.05. The lowest BCUT2D eigenvalue weighted by Gasteiger charge is -2.33. The van der Waals surface area contributed by atoms with Crippen LogP contribution < -0.4 is 5.73 Å². The first kappa shape index (κ1) is 18.7. The molecule has 2 amide bonds. The number of hydrogen-bond donors (Lipinski definition) is 2. The van der Waals surface area contributed by atoms with E-state index in [9.17, 15) is 14.4 Å². The summed E-state index contributed by atoms with van der Waals surface area (Å²) in [6, 6.07) is 0. The second kappa shape index (κ2) is 7.53. The molecule has 1 aliphatic heterocycles. The van der Waals surface area contributed by atoms with Crippen molar-refractivity contribution < 1.29 is 19.5 Å². The Kier molecular flexibility index (Phi) is 5.88. The number of Topliss-reactive ketones (excluding diaryl/α,β-unsaturated/α-hetero) is 1. The molecule has 0 aromatic carbocycles. The average molecular weight is 338 g/mol. The lowest BCUT2D eigenvalue weighted by Crippen LogP contribution is -2.44. The van der Waals surface area contributed by atoms with Crippen molar-refractivity contribution in [1.29, 1.82) is 0 Å². The SMILES string of the molecule is CCCCCCCCC(=O)C1(C(N)=O)CC12CCN(C(=O)O)CC2. The summed E-state index contributed by atoms with van der Waals surface area (Å²) in [4.78, 5) is 37.2. The number of nitrogens with zero attached hydrogens (tertiary/aromatic N) is 1. The summed E-state index contributed by atoms with van der Waals surface area (Å²) in [5.41, 5.74) is 4.20. The minimum atomic E-state index is -1.03. The molecule has 24 heavy (non-hydrogen) atoms. The van der Waals surface area contributed by atoms with E-state index in [2.05, 4.69) is 6.92 Å². The van der Waals surface area contributed by atoms with E-state index in [1.807, 2.05) is 0 Å². The summed E-state index contributed by atoms with van der Waals surface area (Å²) in [6.07, 6.45) is 7.68. The van der Waals surface area contributed by atoms with Gasteiger partial charge >= 0.3 is 6.09 Å². The van der Waals surface area contributed by atoms with Gasteiger partial charge in [0.2, 0.25) is 5.91 Å². The van der Waals surface area contributed by atoms with Crippen LogP contribution in [0.3, 0.4) is 0 Å². The summed E-state index contributed by atoms with van der Waals surface area (Å²) < 4.78 is 0. The van der Waals surface area contributed by atoms with Gasteiger partial charge in [-0.3, -0.25) is 9.59 Å². The number of hydrogen-bond acceptors (Lipinski definition) is 3. The van der Waals surface area contributed by atoms with Gasteiger partial charge in [-0.15, -0.1) is 0 Å². The highest BCUT2D eigenvalue weighted by Gasteiger charge is 2.74. The quantitative estimate of drug-likeness (QED) is 0.498. The third-order valence-corrected chi connectivity index (χ3v) is 6.03. The van der Waals surface area contributed by atoms with Crippen LogP contribution in [0.4, 0.5) is 4.79 Å². The molecule has 2 aliphatic rings. The number of carbonyl (C=O) groups is 3. The molecule has 1 spiro atoms. The Morgan fingerprint density at radius 1 is 1.04 bits per heavy atom.